The summed E-state index contributed by atoms with van der Waals surface area (Å²) >= 11 is 0. The van der Waals surface area contributed by atoms with Gasteiger partial charge in [0.05, 0.1) is 6.61 Å². The van der Waals surface area contributed by atoms with Crippen LogP contribution in [-0.4, -0.2) is 36.4 Å². The number of benzene rings is 1. The van der Waals surface area contributed by atoms with Crippen molar-refractivity contribution in [2.45, 2.75) is 31.8 Å². The molecule has 0 spiro atoms. The molecule has 5 nitrogen and oxygen atoms in total. The first-order valence-electron chi connectivity index (χ1n) is 6.53. The Kier molecular flexibility index (Phi) is 4.63. The Labute approximate surface area is 112 Å². The number of carboxylic acid groups (broad SMARTS) is 1. The highest BCUT2D eigenvalue weighted by Gasteiger charge is 2.28. The SMILES string of the molecule is CCOc1cccc(OCC(NC2CC2)C(=O)O)c1. The van der Waals surface area contributed by atoms with E-state index in [1.807, 2.05) is 19.1 Å². The summed E-state index contributed by atoms with van der Waals surface area (Å²) in [4.78, 5) is 11.1. The van der Waals surface area contributed by atoms with Crippen LogP contribution in [0.25, 0.3) is 0 Å². The molecular formula is C14H19NO4. The van der Waals surface area contributed by atoms with Crippen LogP contribution in [0, 0.1) is 0 Å². The highest BCUT2D eigenvalue weighted by molar-refractivity contribution is 5.73. The molecule has 1 aromatic carbocycles. The average Bonchev–Trinajstić information content (AvgIpc) is 3.19. The van der Waals surface area contributed by atoms with Crippen molar-refractivity contribution in [1.82, 2.24) is 5.32 Å². The van der Waals surface area contributed by atoms with Gasteiger partial charge in [0.25, 0.3) is 0 Å². The molecule has 104 valence electrons. The van der Waals surface area contributed by atoms with Gasteiger partial charge in [-0.3, -0.25) is 10.1 Å². The third-order valence-corrected chi connectivity index (χ3v) is 2.85. The molecule has 0 heterocycles. The molecule has 0 aliphatic heterocycles. The van der Waals surface area contributed by atoms with Crippen LogP contribution in [0.5, 0.6) is 11.5 Å². The second-order valence-electron chi connectivity index (χ2n) is 4.55. The molecule has 0 radical (unpaired) electrons. The number of ether oxygens (including phenoxy) is 2. The molecule has 19 heavy (non-hydrogen) atoms. The zero-order valence-electron chi connectivity index (χ0n) is 11.0. The van der Waals surface area contributed by atoms with Gasteiger partial charge in [-0.2, -0.15) is 0 Å². The van der Waals surface area contributed by atoms with E-state index in [2.05, 4.69) is 5.32 Å². The van der Waals surface area contributed by atoms with Gasteiger partial charge in [0.1, 0.15) is 24.1 Å². The van der Waals surface area contributed by atoms with E-state index < -0.39 is 12.0 Å². The molecular weight excluding hydrogens is 246 g/mol. The van der Waals surface area contributed by atoms with E-state index >= 15 is 0 Å². The lowest BCUT2D eigenvalue weighted by molar-refractivity contribution is -0.140. The maximum absolute atomic E-state index is 11.1. The minimum atomic E-state index is -0.882. The van der Waals surface area contributed by atoms with E-state index in [1.165, 1.54) is 0 Å². The lowest BCUT2D eigenvalue weighted by Gasteiger charge is -2.15. The Hall–Kier alpha value is -1.75. The molecule has 1 saturated carbocycles. The second-order valence-corrected chi connectivity index (χ2v) is 4.55. The summed E-state index contributed by atoms with van der Waals surface area (Å²) in [5.41, 5.74) is 0. The topological polar surface area (TPSA) is 67.8 Å². The van der Waals surface area contributed by atoms with Gasteiger partial charge in [0.15, 0.2) is 0 Å². The largest absolute Gasteiger partial charge is 0.494 e. The monoisotopic (exact) mass is 265 g/mol. The van der Waals surface area contributed by atoms with Gasteiger partial charge in [-0.15, -0.1) is 0 Å². The molecule has 0 saturated heterocycles. The molecule has 1 aliphatic carbocycles. The third-order valence-electron chi connectivity index (χ3n) is 2.85. The van der Waals surface area contributed by atoms with Crippen LogP contribution in [0.1, 0.15) is 19.8 Å². The van der Waals surface area contributed by atoms with Crippen LogP contribution in [0.2, 0.25) is 0 Å². The summed E-state index contributed by atoms with van der Waals surface area (Å²) in [5, 5.41) is 12.1. The van der Waals surface area contributed by atoms with Gasteiger partial charge in [0, 0.05) is 12.1 Å². The minimum absolute atomic E-state index is 0.113. The fourth-order valence-electron chi connectivity index (χ4n) is 1.73. The van der Waals surface area contributed by atoms with Crippen molar-refractivity contribution in [3.63, 3.8) is 0 Å². The highest BCUT2D eigenvalue weighted by Crippen LogP contribution is 2.21. The van der Waals surface area contributed by atoms with E-state index in [9.17, 15) is 4.79 Å². The quantitative estimate of drug-likeness (QED) is 0.748. The average molecular weight is 265 g/mol. The first-order valence-corrected chi connectivity index (χ1v) is 6.53. The zero-order valence-corrected chi connectivity index (χ0v) is 11.0. The lowest BCUT2D eigenvalue weighted by atomic mass is 10.3. The Morgan fingerprint density at radius 2 is 2.11 bits per heavy atom. The number of nitrogens with one attached hydrogen (secondary N) is 1. The summed E-state index contributed by atoms with van der Waals surface area (Å²) in [7, 11) is 0. The van der Waals surface area contributed by atoms with Crippen LogP contribution in [-0.2, 0) is 4.79 Å². The molecule has 0 aromatic heterocycles. The molecule has 1 fully saturated rings. The Bertz CT molecular complexity index is 431. The van der Waals surface area contributed by atoms with Crippen LogP contribution in [0.15, 0.2) is 24.3 Å². The van der Waals surface area contributed by atoms with Gasteiger partial charge in [-0.25, -0.2) is 0 Å². The normalized spacial score (nSPS) is 15.8. The van der Waals surface area contributed by atoms with Gasteiger partial charge < -0.3 is 14.6 Å². The molecule has 1 atom stereocenters. The maximum Gasteiger partial charge on any atom is 0.324 e. The molecule has 5 heteroatoms. The van der Waals surface area contributed by atoms with Crippen molar-refractivity contribution in [3.05, 3.63) is 24.3 Å². The number of rotatable bonds is 8. The van der Waals surface area contributed by atoms with Gasteiger partial charge >= 0.3 is 5.97 Å². The summed E-state index contributed by atoms with van der Waals surface area (Å²) in [6.07, 6.45) is 2.09. The standard InChI is InChI=1S/C14H19NO4/c1-2-18-11-4-3-5-12(8-11)19-9-13(14(16)17)15-10-6-7-10/h3-5,8,10,13,15H,2,6-7,9H2,1H3,(H,16,17). The fourth-order valence-corrected chi connectivity index (χ4v) is 1.73. The number of carboxylic acids is 1. The van der Waals surface area contributed by atoms with Crippen LogP contribution in [0.4, 0.5) is 0 Å². The van der Waals surface area contributed by atoms with E-state index in [4.69, 9.17) is 14.6 Å². The highest BCUT2D eigenvalue weighted by atomic mass is 16.5. The number of aliphatic carboxylic acids is 1. The predicted molar refractivity (Wildman–Crippen MR) is 70.7 cm³/mol. The van der Waals surface area contributed by atoms with Crippen molar-refractivity contribution in [2.75, 3.05) is 13.2 Å². The van der Waals surface area contributed by atoms with Crippen LogP contribution in [0.3, 0.4) is 0 Å². The number of carbonyl (C=O) groups is 1. The Morgan fingerprint density at radius 3 is 2.68 bits per heavy atom. The van der Waals surface area contributed by atoms with Crippen molar-refractivity contribution >= 4 is 5.97 Å². The van der Waals surface area contributed by atoms with Crippen molar-refractivity contribution in [2.24, 2.45) is 0 Å². The minimum Gasteiger partial charge on any atom is -0.494 e. The number of hydrogen-bond acceptors (Lipinski definition) is 4. The van der Waals surface area contributed by atoms with Crippen LogP contribution >= 0.6 is 0 Å². The molecule has 2 N–H and O–H groups in total. The molecule has 0 amide bonds. The first kappa shape index (κ1) is 13.7. The summed E-state index contributed by atoms with van der Waals surface area (Å²) in [6.45, 7) is 2.61. The molecule has 1 aromatic rings. The summed E-state index contributed by atoms with van der Waals surface area (Å²) < 4.78 is 10.9. The summed E-state index contributed by atoms with van der Waals surface area (Å²) in [5.74, 6) is 0.463. The molecule has 1 aliphatic rings. The van der Waals surface area contributed by atoms with Crippen molar-refractivity contribution in [1.29, 1.82) is 0 Å². The number of hydrogen-bond donors (Lipinski definition) is 2. The van der Waals surface area contributed by atoms with E-state index in [0.29, 0.717) is 18.4 Å². The first-order chi connectivity index (χ1) is 9.19. The summed E-state index contributed by atoms with van der Waals surface area (Å²) in [6, 6.07) is 6.89. The Morgan fingerprint density at radius 1 is 1.42 bits per heavy atom. The molecule has 0 bridgehead atoms. The van der Waals surface area contributed by atoms with E-state index in [-0.39, 0.29) is 6.61 Å². The van der Waals surface area contributed by atoms with Gasteiger partial charge in [-0.1, -0.05) is 6.07 Å². The zero-order chi connectivity index (χ0) is 13.7. The lowest BCUT2D eigenvalue weighted by Crippen LogP contribution is -2.42. The van der Waals surface area contributed by atoms with Crippen LogP contribution < -0.4 is 14.8 Å². The van der Waals surface area contributed by atoms with E-state index in [0.717, 1.165) is 18.6 Å². The van der Waals surface area contributed by atoms with Crippen molar-refractivity contribution in [3.8, 4) is 11.5 Å². The second kappa shape index (κ2) is 6.43. The predicted octanol–water partition coefficient (Wildman–Crippen LogP) is 1.67. The molecule has 2 rings (SSSR count). The Balaban J connectivity index is 1.88. The van der Waals surface area contributed by atoms with Gasteiger partial charge in [-0.05, 0) is 31.9 Å². The molecule has 1 unspecified atom stereocenters. The van der Waals surface area contributed by atoms with Gasteiger partial charge in [0.2, 0.25) is 0 Å². The maximum atomic E-state index is 11.1. The van der Waals surface area contributed by atoms with E-state index in [1.54, 1.807) is 12.1 Å². The smallest absolute Gasteiger partial charge is 0.324 e. The third kappa shape index (κ3) is 4.44. The van der Waals surface area contributed by atoms with Crippen molar-refractivity contribution < 1.29 is 19.4 Å². The fraction of sp³-hybridized carbons (Fsp3) is 0.500.